The van der Waals surface area contributed by atoms with E-state index in [9.17, 15) is 4.79 Å². The van der Waals surface area contributed by atoms with E-state index >= 15 is 0 Å². The normalized spacial score (nSPS) is 22.4. The van der Waals surface area contributed by atoms with Gasteiger partial charge in [-0.15, -0.1) is 0 Å². The molecule has 2 atom stereocenters. The Hall–Kier alpha value is -1.55. The van der Waals surface area contributed by atoms with Crippen molar-refractivity contribution in [2.45, 2.75) is 38.8 Å². The number of ether oxygens (including phenoxy) is 1. The van der Waals surface area contributed by atoms with Gasteiger partial charge in [0.2, 0.25) is 0 Å². The highest BCUT2D eigenvalue weighted by atomic mass is 16.5. The Kier molecular flexibility index (Phi) is 4.65. The zero-order valence-corrected chi connectivity index (χ0v) is 12.8. The predicted molar refractivity (Wildman–Crippen MR) is 81.3 cm³/mol. The van der Waals surface area contributed by atoms with Crippen LogP contribution in [0.3, 0.4) is 0 Å². The first kappa shape index (κ1) is 14.9. The first-order valence-electron chi connectivity index (χ1n) is 7.18. The van der Waals surface area contributed by atoms with E-state index in [0.29, 0.717) is 12.1 Å². The molecular weight excluding hydrogens is 252 g/mol. The molecule has 110 valence electrons. The second-order valence-corrected chi connectivity index (χ2v) is 5.78. The molecule has 2 rings (SSSR count). The second-order valence-electron chi connectivity index (χ2n) is 5.78. The van der Waals surface area contributed by atoms with Gasteiger partial charge < -0.3 is 15.0 Å². The van der Waals surface area contributed by atoms with Gasteiger partial charge in [0.1, 0.15) is 0 Å². The maximum absolute atomic E-state index is 12.0. The minimum atomic E-state index is 0.0356. The number of hydrogen-bond acceptors (Lipinski definition) is 3. The molecular formula is C16H24N2O2. The topological polar surface area (TPSA) is 41.6 Å². The van der Waals surface area contributed by atoms with Gasteiger partial charge in [0.05, 0.1) is 6.10 Å². The van der Waals surface area contributed by atoms with Crippen molar-refractivity contribution >= 4 is 11.6 Å². The highest BCUT2D eigenvalue weighted by Crippen LogP contribution is 2.23. The number of rotatable bonds is 3. The summed E-state index contributed by atoms with van der Waals surface area (Å²) in [5.41, 5.74) is 2.94. The molecule has 20 heavy (non-hydrogen) atoms. The van der Waals surface area contributed by atoms with Crippen LogP contribution in [-0.2, 0) is 4.74 Å². The molecule has 1 amide bonds. The molecule has 1 fully saturated rings. The largest absolute Gasteiger partial charge is 0.382 e. The van der Waals surface area contributed by atoms with Crippen LogP contribution in [-0.4, -0.2) is 43.7 Å². The van der Waals surface area contributed by atoms with Crippen LogP contribution in [0, 0.1) is 6.92 Å². The van der Waals surface area contributed by atoms with Crippen molar-refractivity contribution in [3.63, 3.8) is 0 Å². The second kappa shape index (κ2) is 6.27. The van der Waals surface area contributed by atoms with E-state index in [0.717, 1.165) is 30.7 Å². The highest BCUT2D eigenvalue weighted by Gasteiger charge is 2.20. The standard InChI is InChI=1S/C16H24N2O2/c1-11-5-6-13(16(19)18(3)4)10-15(11)17-14-7-8-20-12(2)9-14/h5-6,10,12,14,17H,7-9H2,1-4H3. The molecule has 1 aliphatic heterocycles. The Morgan fingerprint density at radius 2 is 2.15 bits per heavy atom. The molecule has 0 saturated carbocycles. The third kappa shape index (κ3) is 3.51. The van der Waals surface area contributed by atoms with Gasteiger partial charge in [0.15, 0.2) is 0 Å². The molecule has 2 unspecified atom stereocenters. The van der Waals surface area contributed by atoms with Crippen molar-refractivity contribution in [2.75, 3.05) is 26.0 Å². The summed E-state index contributed by atoms with van der Waals surface area (Å²) < 4.78 is 5.57. The van der Waals surface area contributed by atoms with E-state index in [1.54, 1.807) is 19.0 Å². The number of amides is 1. The summed E-state index contributed by atoms with van der Waals surface area (Å²) in [5.74, 6) is 0.0356. The molecule has 1 aromatic carbocycles. The van der Waals surface area contributed by atoms with Gasteiger partial charge in [0, 0.05) is 38.0 Å². The molecule has 1 saturated heterocycles. The molecule has 0 aromatic heterocycles. The molecule has 0 bridgehead atoms. The number of aryl methyl sites for hydroxylation is 1. The highest BCUT2D eigenvalue weighted by molar-refractivity contribution is 5.95. The van der Waals surface area contributed by atoms with Crippen LogP contribution in [0.15, 0.2) is 18.2 Å². The van der Waals surface area contributed by atoms with Gasteiger partial charge >= 0.3 is 0 Å². The van der Waals surface area contributed by atoms with E-state index in [1.807, 2.05) is 18.2 Å². The van der Waals surface area contributed by atoms with Crippen LogP contribution >= 0.6 is 0 Å². The summed E-state index contributed by atoms with van der Waals surface area (Å²) in [6, 6.07) is 6.26. The van der Waals surface area contributed by atoms with Gasteiger partial charge in [0.25, 0.3) is 5.91 Å². The quantitative estimate of drug-likeness (QED) is 0.923. The van der Waals surface area contributed by atoms with E-state index in [2.05, 4.69) is 19.2 Å². The molecule has 4 nitrogen and oxygen atoms in total. The maximum atomic E-state index is 12.0. The van der Waals surface area contributed by atoms with E-state index < -0.39 is 0 Å². The number of hydrogen-bond donors (Lipinski definition) is 1. The average molecular weight is 276 g/mol. The van der Waals surface area contributed by atoms with Crippen LogP contribution in [0.2, 0.25) is 0 Å². The van der Waals surface area contributed by atoms with Crippen molar-refractivity contribution < 1.29 is 9.53 Å². The number of nitrogens with one attached hydrogen (secondary N) is 1. The van der Waals surface area contributed by atoms with Crippen molar-refractivity contribution in [3.8, 4) is 0 Å². The lowest BCUT2D eigenvalue weighted by Gasteiger charge is -2.29. The maximum Gasteiger partial charge on any atom is 0.253 e. The number of carbonyl (C=O) groups is 1. The first-order valence-corrected chi connectivity index (χ1v) is 7.18. The van der Waals surface area contributed by atoms with Gasteiger partial charge in [-0.1, -0.05) is 6.07 Å². The summed E-state index contributed by atoms with van der Waals surface area (Å²) >= 11 is 0. The van der Waals surface area contributed by atoms with Crippen molar-refractivity contribution in [3.05, 3.63) is 29.3 Å². The molecule has 1 aromatic rings. The van der Waals surface area contributed by atoms with Crippen molar-refractivity contribution in [1.82, 2.24) is 4.90 Å². The van der Waals surface area contributed by atoms with Gasteiger partial charge in [-0.3, -0.25) is 4.79 Å². The summed E-state index contributed by atoms with van der Waals surface area (Å²) in [6.07, 6.45) is 2.31. The number of benzene rings is 1. The fraction of sp³-hybridized carbons (Fsp3) is 0.562. The van der Waals surface area contributed by atoms with Crippen molar-refractivity contribution in [1.29, 1.82) is 0 Å². The SMILES string of the molecule is Cc1ccc(C(=O)N(C)C)cc1NC1CCOC(C)C1. The summed E-state index contributed by atoms with van der Waals surface area (Å²) in [7, 11) is 3.55. The third-order valence-corrected chi connectivity index (χ3v) is 3.74. The van der Waals surface area contributed by atoms with Gasteiger partial charge in [-0.25, -0.2) is 0 Å². The Morgan fingerprint density at radius 1 is 1.40 bits per heavy atom. The summed E-state index contributed by atoms with van der Waals surface area (Å²) in [4.78, 5) is 13.6. The Balaban J connectivity index is 2.14. The van der Waals surface area contributed by atoms with Crippen LogP contribution < -0.4 is 5.32 Å². The minimum absolute atomic E-state index is 0.0356. The first-order chi connectivity index (χ1) is 9.47. The van der Waals surface area contributed by atoms with E-state index in [1.165, 1.54) is 5.56 Å². The molecule has 1 N–H and O–H groups in total. The molecule has 4 heteroatoms. The van der Waals surface area contributed by atoms with Crippen LogP contribution in [0.5, 0.6) is 0 Å². The zero-order chi connectivity index (χ0) is 14.7. The van der Waals surface area contributed by atoms with E-state index in [-0.39, 0.29) is 5.91 Å². The Bertz CT molecular complexity index is 485. The fourth-order valence-corrected chi connectivity index (χ4v) is 2.52. The fourth-order valence-electron chi connectivity index (χ4n) is 2.52. The molecule has 1 aliphatic rings. The molecule has 1 heterocycles. The lowest BCUT2D eigenvalue weighted by molar-refractivity contribution is 0.0232. The van der Waals surface area contributed by atoms with Crippen LogP contribution in [0.25, 0.3) is 0 Å². The lowest BCUT2D eigenvalue weighted by Crippen LogP contribution is -2.32. The minimum Gasteiger partial charge on any atom is -0.382 e. The van der Waals surface area contributed by atoms with Crippen molar-refractivity contribution in [2.24, 2.45) is 0 Å². The predicted octanol–water partition coefficient (Wildman–Crippen LogP) is 2.68. The summed E-state index contributed by atoms with van der Waals surface area (Å²) in [5, 5.41) is 3.56. The number of carbonyl (C=O) groups excluding carboxylic acids is 1. The average Bonchev–Trinajstić information content (AvgIpc) is 2.40. The molecule has 0 spiro atoms. The monoisotopic (exact) mass is 276 g/mol. The number of nitrogens with zero attached hydrogens (tertiary/aromatic N) is 1. The van der Waals surface area contributed by atoms with Gasteiger partial charge in [-0.05, 0) is 44.4 Å². The van der Waals surface area contributed by atoms with Crippen LogP contribution in [0.1, 0.15) is 35.7 Å². The lowest BCUT2D eigenvalue weighted by atomic mass is 10.0. The smallest absolute Gasteiger partial charge is 0.253 e. The van der Waals surface area contributed by atoms with E-state index in [4.69, 9.17) is 4.74 Å². The van der Waals surface area contributed by atoms with Crippen LogP contribution in [0.4, 0.5) is 5.69 Å². The number of anilines is 1. The van der Waals surface area contributed by atoms with Gasteiger partial charge in [-0.2, -0.15) is 0 Å². The zero-order valence-electron chi connectivity index (χ0n) is 12.8. The Morgan fingerprint density at radius 3 is 2.80 bits per heavy atom. The molecule has 0 radical (unpaired) electrons. The molecule has 0 aliphatic carbocycles. The summed E-state index contributed by atoms with van der Waals surface area (Å²) in [6.45, 7) is 4.97. The Labute approximate surface area is 121 Å². The third-order valence-electron chi connectivity index (χ3n) is 3.74.